The summed E-state index contributed by atoms with van der Waals surface area (Å²) in [5, 5.41) is 1.26. The van der Waals surface area contributed by atoms with Gasteiger partial charge in [-0.15, -0.1) is 11.8 Å². The molecule has 0 aliphatic rings. The Morgan fingerprint density at radius 1 is 1.18 bits per heavy atom. The molecule has 0 fully saturated rings. The summed E-state index contributed by atoms with van der Waals surface area (Å²) in [5.41, 5.74) is 2.39. The molecule has 7 heteroatoms. The minimum absolute atomic E-state index is 0.121. The van der Waals surface area contributed by atoms with Crippen molar-refractivity contribution >= 4 is 56.0 Å². The van der Waals surface area contributed by atoms with Crippen LogP contribution in [0.15, 0.2) is 71.9 Å². The third-order valence-corrected chi connectivity index (χ3v) is 6.23. The zero-order valence-electron chi connectivity index (χ0n) is 15.0. The number of benzene rings is 2. The van der Waals surface area contributed by atoms with Gasteiger partial charge in [0.2, 0.25) is 0 Å². The van der Waals surface area contributed by atoms with Crippen LogP contribution in [0.3, 0.4) is 0 Å². The van der Waals surface area contributed by atoms with Gasteiger partial charge in [-0.1, -0.05) is 29.0 Å². The lowest BCUT2D eigenvalue weighted by Gasteiger charge is -2.20. The van der Waals surface area contributed by atoms with Crippen LogP contribution < -0.4 is 4.90 Å². The number of carbonyl (C=O) groups is 1. The summed E-state index contributed by atoms with van der Waals surface area (Å²) in [6.45, 7) is 0.393. The molecular weight excluding hydrogens is 410 g/mol. The second kappa shape index (κ2) is 8.31. The number of nitrogens with zero attached hydrogens (tertiary/aromatic N) is 3. The van der Waals surface area contributed by atoms with Gasteiger partial charge in [0.25, 0.3) is 5.91 Å². The van der Waals surface area contributed by atoms with Gasteiger partial charge in [0.15, 0.2) is 5.13 Å². The first kappa shape index (κ1) is 18.9. The Morgan fingerprint density at radius 3 is 2.71 bits per heavy atom. The van der Waals surface area contributed by atoms with E-state index < -0.39 is 0 Å². The van der Waals surface area contributed by atoms with Crippen LogP contribution in [0.1, 0.15) is 15.9 Å². The van der Waals surface area contributed by atoms with Crippen LogP contribution >= 0.6 is 34.7 Å². The van der Waals surface area contributed by atoms with Crippen molar-refractivity contribution in [3.8, 4) is 0 Å². The number of hydrogen-bond acceptors (Lipinski definition) is 5. The van der Waals surface area contributed by atoms with Crippen molar-refractivity contribution in [3.63, 3.8) is 0 Å². The van der Waals surface area contributed by atoms with Gasteiger partial charge in [-0.2, -0.15) is 0 Å². The highest BCUT2D eigenvalue weighted by molar-refractivity contribution is 7.98. The summed E-state index contributed by atoms with van der Waals surface area (Å²) in [6.07, 6.45) is 5.53. The van der Waals surface area contributed by atoms with E-state index >= 15 is 0 Å². The van der Waals surface area contributed by atoms with Gasteiger partial charge in [-0.25, -0.2) is 4.98 Å². The number of anilines is 1. The lowest BCUT2D eigenvalue weighted by molar-refractivity contribution is 0.0985. The zero-order valence-corrected chi connectivity index (χ0v) is 17.4. The van der Waals surface area contributed by atoms with Gasteiger partial charge in [0.1, 0.15) is 0 Å². The third kappa shape index (κ3) is 4.04. The molecule has 0 bridgehead atoms. The summed E-state index contributed by atoms with van der Waals surface area (Å²) in [7, 11) is 0. The minimum Gasteiger partial charge on any atom is -0.279 e. The average Bonchev–Trinajstić information content (AvgIpc) is 3.15. The molecule has 2 aromatic carbocycles. The number of halogens is 1. The normalized spacial score (nSPS) is 10.9. The number of rotatable bonds is 5. The van der Waals surface area contributed by atoms with Gasteiger partial charge in [0.05, 0.1) is 16.8 Å². The van der Waals surface area contributed by atoms with Gasteiger partial charge in [-0.05, 0) is 60.4 Å². The van der Waals surface area contributed by atoms with Crippen LogP contribution in [0.2, 0.25) is 5.02 Å². The molecule has 4 nitrogen and oxygen atoms in total. The largest absolute Gasteiger partial charge is 0.279 e. The van der Waals surface area contributed by atoms with E-state index in [1.807, 2.05) is 30.5 Å². The number of amides is 1. The standard InChI is InChI=1S/C21H16ClN3OS2/c1-27-17-8-9-18-19(11-17)28-21(24-18)25(13-14-3-2-10-23-12-14)20(26)15-4-6-16(22)7-5-15/h2-12H,13H2,1H3. The molecule has 1 amide bonds. The van der Waals surface area contributed by atoms with E-state index in [1.54, 1.807) is 53.3 Å². The maximum absolute atomic E-state index is 13.3. The summed E-state index contributed by atoms with van der Waals surface area (Å²) >= 11 is 9.18. The Morgan fingerprint density at radius 2 is 2.00 bits per heavy atom. The molecule has 28 heavy (non-hydrogen) atoms. The third-order valence-electron chi connectivity index (χ3n) is 4.22. The number of pyridine rings is 1. The van der Waals surface area contributed by atoms with Crippen molar-refractivity contribution in [2.45, 2.75) is 11.4 Å². The molecule has 2 heterocycles. The van der Waals surface area contributed by atoms with Crippen molar-refractivity contribution < 1.29 is 4.79 Å². The number of thioether (sulfide) groups is 1. The maximum Gasteiger partial charge on any atom is 0.260 e. The number of fused-ring (bicyclic) bond motifs is 1. The fourth-order valence-corrected chi connectivity index (χ4v) is 4.43. The topological polar surface area (TPSA) is 46.1 Å². The lowest BCUT2D eigenvalue weighted by Crippen LogP contribution is -2.30. The summed E-state index contributed by atoms with van der Waals surface area (Å²) in [4.78, 5) is 25.0. The first-order valence-electron chi connectivity index (χ1n) is 8.55. The first-order chi connectivity index (χ1) is 13.6. The molecule has 0 aliphatic carbocycles. The molecule has 0 saturated heterocycles. The van der Waals surface area contributed by atoms with Crippen molar-refractivity contribution in [1.29, 1.82) is 0 Å². The number of thiazole rings is 1. The Hall–Kier alpha value is -2.41. The van der Waals surface area contributed by atoms with Crippen LogP contribution in [-0.4, -0.2) is 22.1 Å². The van der Waals surface area contributed by atoms with Crippen LogP contribution in [0.5, 0.6) is 0 Å². The van der Waals surface area contributed by atoms with Crippen LogP contribution in [0, 0.1) is 0 Å². The molecule has 0 N–H and O–H groups in total. The summed E-state index contributed by atoms with van der Waals surface area (Å²) < 4.78 is 1.06. The number of carbonyl (C=O) groups excluding carboxylic acids is 1. The molecular formula is C21H16ClN3OS2. The molecule has 4 aromatic rings. The van der Waals surface area contributed by atoms with Crippen LogP contribution in [-0.2, 0) is 6.54 Å². The van der Waals surface area contributed by atoms with Crippen LogP contribution in [0.4, 0.5) is 5.13 Å². The number of aromatic nitrogens is 2. The molecule has 4 rings (SSSR count). The van der Waals surface area contributed by atoms with E-state index in [1.165, 1.54) is 16.2 Å². The molecule has 0 radical (unpaired) electrons. The Balaban J connectivity index is 1.75. The van der Waals surface area contributed by atoms with Gasteiger partial charge in [-0.3, -0.25) is 14.7 Å². The Labute approximate surface area is 176 Å². The van der Waals surface area contributed by atoms with Crippen molar-refractivity contribution in [2.75, 3.05) is 11.2 Å². The smallest absolute Gasteiger partial charge is 0.260 e. The average molecular weight is 426 g/mol. The van der Waals surface area contributed by atoms with E-state index in [0.29, 0.717) is 22.3 Å². The molecule has 0 unspecified atom stereocenters. The van der Waals surface area contributed by atoms with Crippen molar-refractivity contribution in [2.24, 2.45) is 0 Å². The fourth-order valence-electron chi connectivity index (χ4n) is 2.78. The van der Waals surface area contributed by atoms with Crippen molar-refractivity contribution in [1.82, 2.24) is 9.97 Å². The molecule has 0 spiro atoms. The molecule has 0 aliphatic heterocycles. The second-order valence-electron chi connectivity index (χ2n) is 6.09. The summed E-state index contributed by atoms with van der Waals surface area (Å²) in [6, 6.07) is 16.9. The van der Waals surface area contributed by atoms with E-state index in [4.69, 9.17) is 16.6 Å². The SMILES string of the molecule is CSc1ccc2nc(N(Cc3cccnc3)C(=O)c3ccc(Cl)cc3)sc2c1. The quantitative estimate of drug-likeness (QED) is 0.372. The van der Waals surface area contributed by atoms with Crippen molar-refractivity contribution in [3.05, 3.63) is 83.1 Å². The van der Waals surface area contributed by atoms with Gasteiger partial charge in [0, 0.05) is 27.9 Å². The van der Waals surface area contributed by atoms with Crippen LogP contribution in [0.25, 0.3) is 10.2 Å². The van der Waals surface area contributed by atoms with E-state index in [2.05, 4.69) is 11.1 Å². The zero-order chi connectivity index (χ0) is 19.5. The first-order valence-corrected chi connectivity index (χ1v) is 11.0. The molecule has 0 saturated carbocycles. The minimum atomic E-state index is -0.121. The van der Waals surface area contributed by atoms with E-state index in [9.17, 15) is 4.79 Å². The summed E-state index contributed by atoms with van der Waals surface area (Å²) in [5.74, 6) is -0.121. The highest BCUT2D eigenvalue weighted by atomic mass is 35.5. The van der Waals surface area contributed by atoms with E-state index in [-0.39, 0.29) is 5.91 Å². The lowest BCUT2D eigenvalue weighted by atomic mass is 10.2. The molecule has 140 valence electrons. The molecule has 0 atom stereocenters. The van der Waals surface area contributed by atoms with Gasteiger partial charge < -0.3 is 0 Å². The van der Waals surface area contributed by atoms with E-state index in [0.717, 1.165) is 15.8 Å². The maximum atomic E-state index is 13.3. The highest BCUT2D eigenvalue weighted by Gasteiger charge is 2.22. The monoisotopic (exact) mass is 425 g/mol. The Kier molecular flexibility index (Phi) is 5.62. The van der Waals surface area contributed by atoms with Gasteiger partial charge >= 0.3 is 0 Å². The predicted molar refractivity (Wildman–Crippen MR) is 118 cm³/mol. The fraction of sp³-hybridized carbons (Fsp3) is 0.0952. The second-order valence-corrected chi connectivity index (χ2v) is 8.41. The number of hydrogen-bond donors (Lipinski definition) is 0. The molecule has 2 aromatic heterocycles. The highest BCUT2D eigenvalue weighted by Crippen LogP contribution is 2.33. The predicted octanol–water partition coefficient (Wildman–Crippen LogP) is 5.91. The Bertz CT molecular complexity index is 1110.